The van der Waals surface area contributed by atoms with Gasteiger partial charge in [0.25, 0.3) is 0 Å². The third kappa shape index (κ3) is 2.13. The smallest absolute Gasteiger partial charge is 0.314 e. The third-order valence-electron chi connectivity index (χ3n) is 5.14. The van der Waals surface area contributed by atoms with Crippen molar-refractivity contribution in [2.24, 2.45) is 11.3 Å². The Morgan fingerprint density at radius 1 is 1.30 bits per heavy atom. The molecule has 0 spiro atoms. The lowest BCUT2D eigenvalue weighted by Gasteiger charge is -2.22. The number of hydrogen-bond acceptors (Lipinski definition) is 3. The molecule has 2 aromatic rings. The standard InChI is InChI=1S/C17H18N2O4/c20-15(8-18-6-5-12-3-1-2-4-14(12)18)19-7-13-9-23-11-17(13,10-19)16(21)22/h1-6,13H,7-11H2,(H,21,22)/t13-,17-/m1/s1. The number of likely N-dealkylation sites (tertiary alicyclic amines) is 1. The van der Waals surface area contributed by atoms with Gasteiger partial charge < -0.3 is 19.3 Å². The molecule has 120 valence electrons. The summed E-state index contributed by atoms with van der Waals surface area (Å²) in [4.78, 5) is 25.9. The molecule has 2 atom stereocenters. The molecule has 0 unspecified atom stereocenters. The Labute approximate surface area is 133 Å². The van der Waals surface area contributed by atoms with E-state index < -0.39 is 11.4 Å². The second-order valence-corrected chi connectivity index (χ2v) is 6.45. The van der Waals surface area contributed by atoms with E-state index in [2.05, 4.69) is 0 Å². The van der Waals surface area contributed by atoms with Crippen LogP contribution in [0.5, 0.6) is 0 Å². The fourth-order valence-corrected chi connectivity index (χ4v) is 3.75. The number of carbonyl (C=O) groups is 2. The van der Waals surface area contributed by atoms with Crippen LogP contribution < -0.4 is 0 Å². The summed E-state index contributed by atoms with van der Waals surface area (Å²) in [5.41, 5.74) is 0.0885. The Balaban J connectivity index is 1.53. The van der Waals surface area contributed by atoms with E-state index in [1.54, 1.807) is 4.90 Å². The second-order valence-electron chi connectivity index (χ2n) is 6.45. The number of fused-ring (bicyclic) bond motifs is 2. The van der Waals surface area contributed by atoms with E-state index in [-0.39, 0.29) is 31.5 Å². The molecular weight excluding hydrogens is 296 g/mol. The van der Waals surface area contributed by atoms with E-state index in [1.807, 2.05) is 41.1 Å². The number of ether oxygens (including phenoxy) is 1. The number of para-hydroxylation sites is 1. The molecule has 1 N–H and O–H groups in total. The number of aromatic nitrogens is 1. The van der Waals surface area contributed by atoms with Crippen LogP contribution >= 0.6 is 0 Å². The van der Waals surface area contributed by atoms with Crippen LogP contribution in [0, 0.1) is 11.3 Å². The Morgan fingerprint density at radius 2 is 2.13 bits per heavy atom. The first kappa shape index (κ1) is 14.3. The maximum Gasteiger partial charge on any atom is 0.314 e. The first-order valence-electron chi connectivity index (χ1n) is 7.73. The molecule has 1 aromatic carbocycles. The average molecular weight is 314 g/mol. The molecule has 0 bridgehead atoms. The number of aliphatic carboxylic acids is 1. The molecule has 0 saturated carbocycles. The molecule has 4 rings (SSSR count). The molecular formula is C17H18N2O4. The van der Waals surface area contributed by atoms with Crippen LogP contribution in [-0.4, -0.2) is 52.8 Å². The van der Waals surface area contributed by atoms with Crippen molar-refractivity contribution in [1.29, 1.82) is 0 Å². The van der Waals surface area contributed by atoms with Gasteiger partial charge in [0.15, 0.2) is 0 Å². The maximum absolute atomic E-state index is 12.6. The molecule has 2 aliphatic rings. The quantitative estimate of drug-likeness (QED) is 0.924. The molecule has 2 aliphatic heterocycles. The largest absolute Gasteiger partial charge is 0.481 e. The average Bonchev–Trinajstić information content (AvgIpc) is 3.19. The van der Waals surface area contributed by atoms with E-state index in [4.69, 9.17) is 4.74 Å². The zero-order chi connectivity index (χ0) is 16.0. The van der Waals surface area contributed by atoms with E-state index in [0.717, 1.165) is 10.9 Å². The number of carboxylic acid groups (broad SMARTS) is 1. The van der Waals surface area contributed by atoms with Gasteiger partial charge in [0.05, 0.1) is 13.2 Å². The summed E-state index contributed by atoms with van der Waals surface area (Å²) >= 11 is 0. The van der Waals surface area contributed by atoms with Crippen LogP contribution in [-0.2, 0) is 20.9 Å². The topological polar surface area (TPSA) is 71.8 Å². The zero-order valence-corrected chi connectivity index (χ0v) is 12.6. The van der Waals surface area contributed by atoms with Gasteiger partial charge in [-0.25, -0.2) is 0 Å². The first-order valence-corrected chi connectivity index (χ1v) is 7.73. The Bertz CT molecular complexity index is 784. The van der Waals surface area contributed by atoms with Gasteiger partial charge in [-0.1, -0.05) is 18.2 Å². The van der Waals surface area contributed by atoms with Gasteiger partial charge in [0.1, 0.15) is 12.0 Å². The van der Waals surface area contributed by atoms with Crippen LogP contribution in [0.1, 0.15) is 0 Å². The van der Waals surface area contributed by atoms with Crippen molar-refractivity contribution < 1.29 is 19.4 Å². The minimum Gasteiger partial charge on any atom is -0.481 e. The van der Waals surface area contributed by atoms with Crippen molar-refractivity contribution in [3.8, 4) is 0 Å². The van der Waals surface area contributed by atoms with Gasteiger partial charge in [0, 0.05) is 30.7 Å². The molecule has 1 aromatic heterocycles. The monoisotopic (exact) mass is 314 g/mol. The molecule has 2 saturated heterocycles. The summed E-state index contributed by atoms with van der Waals surface area (Å²) in [6, 6.07) is 9.88. The summed E-state index contributed by atoms with van der Waals surface area (Å²) < 4.78 is 7.26. The predicted molar refractivity (Wildman–Crippen MR) is 82.9 cm³/mol. The van der Waals surface area contributed by atoms with Crippen molar-refractivity contribution in [3.05, 3.63) is 36.5 Å². The van der Waals surface area contributed by atoms with Gasteiger partial charge in [-0.15, -0.1) is 0 Å². The second kappa shape index (κ2) is 5.09. The van der Waals surface area contributed by atoms with Crippen molar-refractivity contribution in [1.82, 2.24) is 9.47 Å². The predicted octanol–water partition coefficient (Wildman–Crippen LogP) is 1.20. The van der Waals surface area contributed by atoms with E-state index >= 15 is 0 Å². The lowest BCUT2D eigenvalue weighted by molar-refractivity contribution is -0.149. The molecule has 0 aliphatic carbocycles. The lowest BCUT2D eigenvalue weighted by atomic mass is 9.81. The molecule has 6 nitrogen and oxygen atoms in total. The highest BCUT2D eigenvalue weighted by molar-refractivity contribution is 5.84. The van der Waals surface area contributed by atoms with Crippen LogP contribution in [0.15, 0.2) is 36.5 Å². The summed E-state index contributed by atoms with van der Waals surface area (Å²) in [5.74, 6) is -1.01. The highest BCUT2D eigenvalue weighted by Gasteiger charge is 2.57. The fraction of sp³-hybridized carbons (Fsp3) is 0.412. The highest BCUT2D eigenvalue weighted by Crippen LogP contribution is 2.41. The molecule has 23 heavy (non-hydrogen) atoms. The van der Waals surface area contributed by atoms with Crippen LogP contribution in [0.3, 0.4) is 0 Å². The number of carbonyl (C=O) groups excluding carboxylic acids is 1. The number of benzene rings is 1. The third-order valence-corrected chi connectivity index (χ3v) is 5.14. The zero-order valence-electron chi connectivity index (χ0n) is 12.6. The van der Waals surface area contributed by atoms with E-state index in [9.17, 15) is 14.7 Å². The lowest BCUT2D eigenvalue weighted by Crippen LogP contribution is -2.40. The number of carboxylic acids is 1. The van der Waals surface area contributed by atoms with Crippen molar-refractivity contribution in [2.45, 2.75) is 6.54 Å². The molecule has 3 heterocycles. The molecule has 2 fully saturated rings. The van der Waals surface area contributed by atoms with E-state index in [0.29, 0.717) is 13.2 Å². The molecule has 6 heteroatoms. The summed E-state index contributed by atoms with van der Waals surface area (Å²) in [7, 11) is 0. The van der Waals surface area contributed by atoms with Crippen molar-refractivity contribution in [3.63, 3.8) is 0 Å². The number of amides is 1. The summed E-state index contributed by atoms with van der Waals surface area (Å²) in [5, 5.41) is 10.6. The molecule has 0 radical (unpaired) electrons. The van der Waals surface area contributed by atoms with Gasteiger partial charge in [-0.3, -0.25) is 9.59 Å². The number of rotatable bonds is 3. The first-order chi connectivity index (χ1) is 11.1. The normalized spacial score (nSPS) is 26.6. The maximum atomic E-state index is 12.6. The van der Waals surface area contributed by atoms with Crippen LogP contribution in [0.4, 0.5) is 0 Å². The van der Waals surface area contributed by atoms with Gasteiger partial charge >= 0.3 is 5.97 Å². The highest BCUT2D eigenvalue weighted by atomic mass is 16.5. The molecule has 1 amide bonds. The number of hydrogen-bond donors (Lipinski definition) is 1. The van der Waals surface area contributed by atoms with Gasteiger partial charge in [0.2, 0.25) is 5.91 Å². The Kier molecular flexibility index (Phi) is 3.16. The van der Waals surface area contributed by atoms with Crippen molar-refractivity contribution >= 4 is 22.8 Å². The Hall–Kier alpha value is -2.34. The minimum atomic E-state index is -0.922. The summed E-state index contributed by atoms with van der Waals surface area (Å²) in [6.45, 7) is 1.55. The van der Waals surface area contributed by atoms with Crippen molar-refractivity contribution in [2.75, 3.05) is 26.3 Å². The van der Waals surface area contributed by atoms with Crippen LogP contribution in [0.2, 0.25) is 0 Å². The number of nitrogens with zero attached hydrogens (tertiary/aromatic N) is 2. The fourth-order valence-electron chi connectivity index (χ4n) is 3.75. The van der Waals surface area contributed by atoms with Crippen LogP contribution in [0.25, 0.3) is 10.9 Å². The Morgan fingerprint density at radius 3 is 2.91 bits per heavy atom. The SMILES string of the molecule is O=C(Cn1ccc2ccccc21)N1C[C@@H]2COC[C@]2(C(=O)O)C1. The van der Waals surface area contributed by atoms with Gasteiger partial charge in [-0.2, -0.15) is 0 Å². The van der Waals surface area contributed by atoms with E-state index in [1.165, 1.54) is 0 Å². The minimum absolute atomic E-state index is 0.0404. The summed E-state index contributed by atoms with van der Waals surface area (Å²) in [6.07, 6.45) is 1.90. The van der Waals surface area contributed by atoms with Gasteiger partial charge in [-0.05, 0) is 17.5 Å².